The van der Waals surface area contributed by atoms with Gasteiger partial charge in [0.05, 0.1) is 17.7 Å². The van der Waals surface area contributed by atoms with Gasteiger partial charge < -0.3 is 24.5 Å². The van der Waals surface area contributed by atoms with E-state index in [0.29, 0.717) is 30.3 Å². The number of aliphatic carboxylic acids is 1. The quantitative estimate of drug-likeness (QED) is 0.0570. The molecular weight excluding hydrogens is 652 g/mol. The molecule has 17 nitrogen and oxygen atoms in total. The number of carbonyl (C=O) groups is 3. The van der Waals surface area contributed by atoms with Crippen LogP contribution in [0, 0.1) is 0 Å². The van der Waals surface area contributed by atoms with Crippen LogP contribution in [0.4, 0.5) is 4.79 Å². The molecule has 0 bridgehead atoms. The number of H-pyrrole nitrogens is 1. The number of carboxylic acid groups (broad SMARTS) is 1. The number of rotatable bonds is 18. The van der Waals surface area contributed by atoms with Gasteiger partial charge in [0.1, 0.15) is 19.0 Å². The first-order valence-electron chi connectivity index (χ1n) is 14.9. The fraction of sp³-hybridized carbons (Fsp3) is 0.367. The molecule has 1 unspecified atom stereocenters. The third-order valence-electron chi connectivity index (χ3n) is 7.05. The maximum Gasteiger partial charge on any atom is 0.408 e. The number of amides is 1. The Morgan fingerprint density at radius 2 is 1.81 bits per heavy atom. The number of aromatic nitrogens is 6. The molecular formula is C30H35ClN8O9. The number of ether oxygens (including phenoxy) is 2. The Bertz CT molecular complexity index is 1650. The zero-order chi connectivity index (χ0) is 34.5. The Labute approximate surface area is 279 Å². The monoisotopic (exact) mass is 686 g/mol. The number of carbonyl (C=O) groups excluding carboxylic acids is 2. The zero-order valence-corrected chi connectivity index (χ0v) is 26.7. The lowest BCUT2D eigenvalue weighted by molar-refractivity contribution is -0.492. The second-order valence-corrected chi connectivity index (χ2v) is 10.8. The Morgan fingerprint density at radius 1 is 1.06 bits per heavy atom. The average molecular weight is 687 g/mol. The summed E-state index contributed by atoms with van der Waals surface area (Å²) in [5.74, 6) is -1.04. The van der Waals surface area contributed by atoms with Crippen LogP contribution in [0.5, 0.6) is 0 Å². The molecule has 0 saturated heterocycles. The number of hydrogen-bond donors (Lipinski definition) is 5. The van der Waals surface area contributed by atoms with Crippen LogP contribution in [-0.4, -0.2) is 88.4 Å². The highest BCUT2D eigenvalue weighted by atomic mass is 35.5. The molecule has 0 aliphatic carbocycles. The van der Waals surface area contributed by atoms with Crippen LogP contribution in [0.2, 0.25) is 5.15 Å². The van der Waals surface area contributed by atoms with Gasteiger partial charge in [0.15, 0.2) is 11.2 Å². The Balaban J connectivity index is 1.41. The number of aromatic amines is 1. The van der Waals surface area contributed by atoms with Gasteiger partial charge in [-0.1, -0.05) is 73.5 Å². The molecule has 0 saturated carbocycles. The molecule has 2 heterocycles. The second kappa shape index (κ2) is 17.8. The highest BCUT2D eigenvalue weighted by molar-refractivity contribution is 6.30. The first kappa shape index (κ1) is 35.9. The number of nitrogens with zero attached hydrogens (tertiary/aromatic N) is 6. The van der Waals surface area contributed by atoms with Gasteiger partial charge in [0.25, 0.3) is 0 Å². The lowest BCUT2D eigenvalue weighted by Gasteiger charge is -2.16. The van der Waals surface area contributed by atoms with E-state index in [4.69, 9.17) is 31.5 Å². The van der Waals surface area contributed by atoms with E-state index in [0.717, 1.165) is 35.1 Å². The molecule has 4 rings (SSSR count). The Kier molecular flexibility index (Phi) is 13.3. The van der Waals surface area contributed by atoms with Crippen LogP contribution in [0.3, 0.4) is 0 Å². The molecule has 0 spiro atoms. The standard InChI is InChI=1S/C30H35ClN8O9/c1-2-3-9-25-33-27(31)24(18-47-30(43)32-23(29(41)42)17-46-26(40)10-6-15-48-39(44)45)38(25)16-19-11-13-20(14-12-19)21-7-4-5-8-22(21)28-34-36-37-35-28/h4-5,7-8,11-14,23,44-45H,2-3,6,9-10,15-18H2,1H3,(H,32,43)(H,41,42)(H,34,35,36,37). The molecule has 1 atom stereocenters. The number of benzene rings is 2. The van der Waals surface area contributed by atoms with Crippen molar-refractivity contribution >= 4 is 29.6 Å². The number of imidazole rings is 1. The molecule has 0 fully saturated rings. The van der Waals surface area contributed by atoms with Crippen LogP contribution in [0.1, 0.15) is 49.7 Å². The van der Waals surface area contributed by atoms with Crippen molar-refractivity contribution in [2.45, 2.75) is 58.2 Å². The molecule has 1 amide bonds. The fourth-order valence-corrected chi connectivity index (χ4v) is 4.89. The van der Waals surface area contributed by atoms with Gasteiger partial charge in [-0.2, -0.15) is 5.21 Å². The second-order valence-electron chi connectivity index (χ2n) is 10.4. The topological polar surface area (TPSA) is 227 Å². The predicted octanol–water partition coefficient (Wildman–Crippen LogP) is 3.79. The largest absolute Gasteiger partial charge is 0.480 e. The molecule has 5 N–H and O–H groups in total. The van der Waals surface area contributed by atoms with Gasteiger partial charge in [-0.3, -0.25) is 20.0 Å². The third-order valence-corrected chi connectivity index (χ3v) is 7.35. The highest BCUT2D eigenvalue weighted by Gasteiger charge is 2.24. The minimum absolute atomic E-state index is 0.0674. The van der Waals surface area contributed by atoms with E-state index in [9.17, 15) is 19.5 Å². The normalized spacial score (nSPS) is 11.8. The van der Waals surface area contributed by atoms with Crippen LogP contribution in [0.25, 0.3) is 22.5 Å². The summed E-state index contributed by atoms with van der Waals surface area (Å²) in [7, 11) is 0. The van der Waals surface area contributed by atoms with Crippen molar-refractivity contribution in [3.05, 3.63) is 70.8 Å². The molecule has 0 aliphatic heterocycles. The minimum Gasteiger partial charge on any atom is -0.480 e. The molecule has 18 heteroatoms. The first-order chi connectivity index (χ1) is 23.2. The first-order valence-corrected chi connectivity index (χ1v) is 15.3. The van der Waals surface area contributed by atoms with Gasteiger partial charge in [-0.05, 0) is 34.7 Å². The van der Waals surface area contributed by atoms with Crippen molar-refractivity contribution in [2.75, 3.05) is 13.2 Å². The number of esters is 1. The molecule has 0 aliphatic rings. The Morgan fingerprint density at radius 3 is 2.48 bits per heavy atom. The predicted molar refractivity (Wildman–Crippen MR) is 166 cm³/mol. The maximum atomic E-state index is 12.6. The van der Waals surface area contributed by atoms with Crippen LogP contribution >= 0.6 is 11.6 Å². The van der Waals surface area contributed by atoms with Crippen LogP contribution in [-0.2, 0) is 43.5 Å². The van der Waals surface area contributed by atoms with Gasteiger partial charge in [0, 0.05) is 24.9 Å². The van der Waals surface area contributed by atoms with E-state index in [1.165, 1.54) is 0 Å². The van der Waals surface area contributed by atoms with E-state index in [-0.39, 0.29) is 31.2 Å². The summed E-state index contributed by atoms with van der Waals surface area (Å²) in [4.78, 5) is 45.0. The average Bonchev–Trinajstić information content (AvgIpc) is 3.71. The summed E-state index contributed by atoms with van der Waals surface area (Å²) in [6.45, 7) is 1.26. The highest BCUT2D eigenvalue weighted by Crippen LogP contribution is 2.30. The summed E-state index contributed by atoms with van der Waals surface area (Å²) in [5, 5.41) is 42.6. The molecule has 2 aromatic heterocycles. The molecule has 0 radical (unpaired) electrons. The fourth-order valence-electron chi connectivity index (χ4n) is 4.64. The summed E-state index contributed by atoms with van der Waals surface area (Å²) < 4.78 is 12.1. The molecule has 48 heavy (non-hydrogen) atoms. The number of tetrazole rings is 1. The van der Waals surface area contributed by atoms with Gasteiger partial charge in [-0.15, -0.1) is 10.2 Å². The SMILES string of the molecule is CCCCc1nc(Cl)c(COC(=O)NC(COC(=O)CCCON(O)O)C(=O)O)n1Cc1ccc(-c2ccccc2-c2nn[nH]n2)cc1. The van der Waals surface area contributed by atoms with Crippen molar-refractivity contribution < 1.29 is 44.2 Å². The number of alkyl carbamates (subject to hydrolysis) is 1. The van der Waals surface area contributed by atoms with Crippen LogP contribution < -0.4 is 5.32 Å². The summed E-state index contributed by atoms with van der Waals surface area (Å²) in [6.07, 6.45) is 1.22. The van der Waals surface area contributed by atoms with E-state index in [1.807, 2.05) is 53.1 Å². The number of aryl methyl sites for hydroxylation is 1. The Hall–Kier alpha value is -4.94. The minimum atomic E-state index is -1.59. The van der Waals surface area contributed by atoms with E-state index in [2.05, 4.69) is 42.7 Å². The summed E-state index contributed by atoms with van der Waals surface area (Å²) in [6, 6.07) is 14.0. The zero-order valence-electron chi connectivity index (χ0n) is 25.9. The van der Waals surface area contributed by atoms with Crippen molar-refractivity contribution in [2.24, 2.45) is 0 Å². The maximum absolute atomic E-state index is 12.6. The summed E-state index contributed by atoms with van der Waals surface area (Å²) in [5.41, 5.74) is 4.06. The van der Waals surface area contributed by atoms with E-state index >= 15 is 0 Å². The smallest absolute Gasteiger partial charge is 0.408 e. The third kappa shape index (κ3) is 10.3. The van der Waals surface area contributed by atoms with Crippen LogP contribution in [0.15, 0.2) is 48.5 Å². The van der Waals surface area contributed by atoms with Gasteiger partial charge >= 0.3 is 18.0 Å². The molecule has 4 aromatic rings. The number of carboxylic acids is 1. The number of unbranched alkanes of at least 4 members (excludes halogenated alkanes) is 1. The summed E-state index contributed by atoms with van der Waals surface area (Å²) >= 11 is 6.51. The number of hydrogen-bond acceptors (Lipinski definition) is 13. The van der Waals surface area contributed by atoms with E-state index in [1.54, 1.807) is 0 Å². The number of nitrogens with one attached hydrogen (secondary N) is 2. The van der Waals surface area contributed by atoms with Gasteiger partial charge in [0.2, 0.25) is 5.82 Å². The van der Waals surface area contributed by atoms with Crippen molar-refractivity contribution in [1.29, 1.82) is 0 Å². The lowest BCUT2D eigenvalue weighted by atomic mass is 9.98. The van der Waals surface area contributed by atoms with Crippen molar-refractivity contribution in [3.63, 3.8) is 0 Å². The molecule has 256 valence electrons. The van der Waals surface area contributed by atoms with Crippen molar-refractivity contribution in [1.82, 2.24) is 40.9 Å². The van der Waals surface area contributed by atoms with Crippen molar-refractivity contribution in [3.8, 4) is 22.5 Å². The molecule has 2 aromatic carbocycles. The lowest BCUT2D eigenvalue weighted by Crippen LogP contribution is -2.44. The van der Waals surface area contributed by atoms with Gasteiger partial charge in [-0.25, -0.2) is 14.6 Å². The van der Waals surface area contributed by atoms with E-state index < -0.39 is 36.1 Å². The number of halogens is 1.